The van der Waals surface area contributed by atoms with Crippen molar-refractivity contribution in [3.05, 3.63) is 11.6 Å². The largest absolute Gasteiger partial charge is 0.458 e. The van der Waals surface area contributed by atoms with Crippen LogP contribution in [0.2, 0.25) is 0 Å². The maximum atomic E-state index is 12.4. The van der Waals surface area contributed by atoms with Crippen molar-refractivity contribution < 1.29 is 43.8 Å². The van der Waals surface area contributed by atoms with Gasteiger partial charge in [-0.25, -0.2) is 4.79 Å². The van der Waals surface area contributed by atoms with Gasteiger partial charge in [-0.1, -0.05) is 6.92 Å². The summed E-state index contributed by atoms with van der Waals surface area (Å²) in [4.78, 5) is 11.8. The molecule has 0 spiro atoms. The number of aliphatic hydroxyl groups excluding tert-OH is 1. The fourth-order valence-electron chi connectivity index (χ4n) is 10.5. The topological polar surface area (TPSA) is 124 Å². The summed E-state index contributed by atoms with van der Waals surface area (Å²) >= 11 is 0. The second kappa shape index (κ2) is 10.3. The Morgan fingerprint density at radius 2 is 1.80 bits per heavy atom. The molecule has 5 fully saturated rings. The second-order valence-corrected chi connectivity index (χ2v) is 13.9. The van der Waals surface area contributed by atoms with Crippen LogP contribution in [0.25, 0.3) is 0 Å². The van der Waals surface area contributed by atoms with Gasteiger partial charge in [0, 0.05) is 44.0 Å². The number of rotatable bonds is 6. The first-order chi connectivity index (χ1) is 19.0. The quantitative estimate of drug-likeness (QED) is 0.330. The number of aliphatic hydroxyl groups is 3. The van der Waals surface area contributed by atoms with Gasteiger partial charge >= 0.3 is 5.97 Å². The summed E-state index contributed by atoms with van der Waals surface area (Å²) in [6.45, 7) is 4.38. The number of cyclic esters (lactones) is 1. The zero-order chi connectivity index (χ0) is 28.5. The Morgan fingerprint density at radius 1 is 1.02 bits per heavy atom. The van der Waals surface area contributed by atoms with Crippen LogP contribution in [-0.4, -0.2) is 90.6 Å². The molecule has 9 nitrogen and oxygen atoms in total. The van der Waals surface area contributed by atoms with Crippen molar-refractivity contribution in [2.24, 2.45) is 28.6 Å². The van der Waals surface area contributed by atoms with Gasteiger partial charge in [0.15, 0.2) is 6.29 Å². The first-order valence-electron chi connectivity index (χ1n) is 15.3. The fourth-order valence-corrected chi connectivity index (χ4v) is 10.5. The Bertz CT molecular complexity index is 1020. The Labute approximate surface area is 237 Å². The molecule has 0 bridgehead atoms. The lowest BCUT2D eigenvalue weighted by atomic mass is 9.41. The van der Waals surface area contributed by atoms with E-state index in [-0.39, 0.29) is 60.2 Å². The van der Waals surface area contributed by atoms with Gasteiger partial charge in [-0.2, -0.15) is 0 Å². The van der Waals surface area contributed by atoms with Crippen molar-refractivity contribution in [2.75, 3.05) is 27.4 Å². The van der Waals surface area contributed by atoms with Crippen LogP contribution >= 0.6 is 0 Å². The average molecular weight is 565 g/mol. The number of carbonyl (C=O) groups is 1. The standard InChI is InChI=1S/C31H48O9/c1-18-27(37-4)24(36-3)14-26(39-18)40-20-5-10-29(17-32)22-6-9-28(2)21(19-13-25(33)38-16-19)8-12-31(28,35)23(22)7-11-30(29,34)15-20/h13,18,20-24,26-27,32,34-35H,5-12,14-17H2,1-4H3. The summed E-state index contributed by atoms with van der Waals surface area (Å²) in [5, 5.41) is 35.7. The number of ether oxygens (including phenoxy) is 5. The van der Waals surface area contributed by atoms with Gasteiger partial charge < -0.3 is 39.0 Å². The molecule has 9 heteroatoms. The van der Waals surface area contributed by atoms with Crippen molar-refractivity contribution in [2.45, 2.75) is 120 Å². The molecule has 1 saturated heterocycles. The van der Waals surface area contributed by atoms with Gasteiger partial charge in [-0.15, -0.1) is 0 Å². The number of hydrogen-bond acceptors (Lipinski definition) is 9. The highest BCUT2D eigenvalue weighted by molar-refractivity contribution is 5.85. The number of methoxy groups -OCH3 is 2. The highest BCUT2D eigenvalue weighted by Crippen LogP contribution is 2.70. The highest BCUT2D eigenvalue weighted by atomic mass is 16.7. The van der Waals surface area contributed by atoms with Crippen LogP contribution in [0.4, 0.5) is 0 Å². The maximum absolute atomic E-state index is 12.4. The first-order valence-corrected chi connectivity index (χ1v) is 15.3. The normalized spacial score (nSPS) is 52.4. The molecule has 0 aromatic heterocycles. The minimum absolute atomic E-state index is 0.00395. The monoisotopic (exact) mass is 564 g/mol. The first kappa shape index (κ1) is 29.0. The van der Waals surface area contributed by atoms with Crippen LogP contribution < -0.4 is 0 Å². The molecule has 2 heterocycles. The van der Waals surface area contributed by atoms with Crippen LogP contribution in [0.3, 0.4) is 0 Å². The Morgan fingerprint density at radius 3 is 2.48 bits per heavy atom. The molecule has 2 aliphatic heterocycles. The van der Waals surface area contributed by atoms with Gasteiger partial charge in [-0.05, 0) is 81.6 Å². The van der Waals surface area contributed by atoms with Crippen LogP contribution in [0.5, 0.6) is 0 Å². The van der Waals surface area contributed by atoms with Crippen LogP contribution in [0.1, 0.15) is 78.1 Å². The molecule has 0 aromatic rings. The summed E-state index contributed by atoms with van der Waals surface area (Å²) in [5.74, 6) is -0.147. The van der Waals surface area contributed by atoms with Crippen molar-refractivity contribution >= 4 is 5.97 Å². The van der Waals surface area contributed by atoms with E-state index in [0.717, 1.165) is 31.3 Å². The summed E-state index contributed by atoms with van der Waals surface area (Å²) in [7, 11) is 3.34. The molecule has 4 saturated carbocycles. The van der Waals surface area contributed by atoms with E-state index in [9.17, 15) is 20.1 Å². The fraction of sp³-hybridized carbons (Fsp3) is 0.903. The SMILES string of the molecule is COC1CC(OC2CCC3(CO)C4CCC5(C)C(C6=CC(=O)OC6)CCC5(O)C4CCC3(O)C2)OC(C)C1OC. The minimum atomic E-state index is -1.07. The van der Waals surface area contributed by atoms with Crippen molar-refractivity contribution in [1.82, 2.24) is 0 Å². The number of esters is 1. The van der Waals surface area contributed by atoms with E-state index in [1.807, 2.05) is 6.92 Å². The van der Waals surface area contributed by atoms with E-state index in [1.54, 1.807) is 20.3 Å². The molecule has 40 heavy (non-hydrogen) atoms. The number of hydrogen-bond donors (Lipinski definition) is 3. The molecule has 12 atom stereocenters. The molecule has 0 amide bonds. The molecule has 0 aromatic carbocycles. The van der Waals surface area contributed by atoms with Gasteiger partial charge in [0.25, 0.3) is 0 Å². The summed E-state index contributed by atoms with van der Waals surface area (Å²) in [5.41, 5.74) is -1.99. The molecule has 6 aliphatic rings. The van der Waals surface area contributed by atoms with Crippen LogP contribution in [0, 0.1) is 28.6 Å². The number of fused-ring (bicyclic) bond motifs is 5. The van der Waals surface area contributed by atoms with E-state index in [1.165, 1.54) is 0 Å². The smallest absolute Gasteiger partial charge is 0.331 e. The molecular weight excluding hydrogens is 516 g/mol. The Balaban J connectivity index is 1.19. The van der Waals surface area contributed by atoms with Gasteiger partial charge in [0.05, 0.1) is 36.1 Å². The third-order valence-corrected chi connectivity index (χ3v) is 12.6. The molecule has 6 rings (SSSR count). The third-order valence-electron chi connectivity index (χ3n) is 12.6. The van der Waals surface area contributed by atoms with Crippen molar-refractivity contribution in [3.63, 3.8) is 0 Å². The van der Waals surface area contributed by atoms with Crippen LogP contribution in [0.15, 0.2) is 11.6 Å². The predicted octanol–water partition coefficient (Wildman–Crippen LogP) is 2.88. The Kier molecular flexibility index (Phi) is 7.46. The molecule has 12 unspecified atom stereocenters. The lowest BCUT2D eigenvalue weighted by Gasteiger charge is -2.66. The lowest BCUT2D eigenvalue weighted by Crippen LogP contribution is -2.69. The van der Waals surface area contributed by atoms with E-state index < -0.39 is 22.9 Å². The van der Waals surface area contributed by atoms with E-state index in [0.29, 0.717) is 45.1 Å². The molecule has 3 N–H and O–H groups in total. The van der Waals surface area contributed by atoms with Gasteiger partial charge in [0.1, 0.15) is 12.7 Å². The van der Waals surface area contributed by atoms with Crippen molar-refractivity contribution in [3.8, 4) is 0 Å². The minimum Gasteiger partial charge on any atom is -0.458 e. The average Bonchev–Trinajstić information content (AvgIpc) is 3.47. The highest BCUT2D eigenvalue weighted by Gasteiger charge is 2.71. The lowest BCUT2D eigenvalue weighted by molar-refractivity contribution is -0.299. The summed E-state index contributed by atoms with van der Waals surface area (Å²) in [6.07, 6.45) is 7.28. The van der Waals surface area contributed by atoms with E-state index in [2.05, 4.69) is 6.92 Å². The van der Waals surface area contributed by atoms with E-state index >= 15 is 0 Å². The molecule has 0 radical (unpaired) electrons. The molecule has 226 valence electrons. The zero-order valence-corrected chi connectivity index (χ0v) is 24.5. The summed E-state index contributed by atoms with van der Waals surface area (Å²) in [6, 6.07) is 0. The molecule has 4 aliphatic carbocycles. The Hall–Kier alpha value is -1.07. The predicted molar refractivity (Wildman–Crippen MR) is 144 cm³/mol. The van der Waals surface area contributed by atoms with Crippen LogP contribution in [-0.2, 0) is 28.5 Å². The second-order valence-electron chi connectivity index (χ2n) is 13.9. The van der Waals surface area contributed by atoms with Crippen molar-refractivity contribution in [1.29, 1.82) is 0 Å². The molecular formula is C31H48O9. The zero-order valence-electron chi connectivity index (χ0n) is 24.5. The number of carbonyl (C=O) groups excluding carboxylic acids is 1. The maximum Gasteiger partial charge on any atom is 0.331 e. The summed E-state index contributed by atoms with van der Waals surface area (Å²) < 4.78 is 29.1. The third kappa shape index (κ3) is 4.09. The van der Waals surface area contributed by atoms with Gasteiger partial charge in [-0.3, -0.25) is 0 Å². The van der Waals surface area contributed by atoms with E-state index in [4.69, 9.17) is 23.7 Å². The van der Waals surface area contributed by atoms with Gasteiger partial charge in [0.2, 0.25) is 0 Å².